The van der Waals surface area contributed by atoms with Crippen molar-refractivity contribution in [2.24, 2.45) is 0 Å². The van der Waals surface area contributed by atoms with Crippen LogP contribution < -0.4 is 5.32 Å². The van der Waals surface area contributed by atoms with Crippen LogP contribution in [0.15, 0.2) is 18.2 Å². The summed E-state index contributed by atoms with van der Waals surface area (Å²) in [4.78, 5) is 35.1. The molecule has 1 aliphatic rings. The number of likely N-dealkylation sites (tertiary alicyclic amines) is 1. The zero-order valence-electron chi connectivity index (χ0n) is 13.2. The van der Waals surface area contributed by atoms with Gasteiger partial charge in [-0.1, -0.05) is 0 Å². The van der Waals surface area contributed by atoms with Crippen LogP contribution in [0.5, 0.6) is 0 Å². The highest BCUT2D eigenvalue weighted by atomic mass is 35.5. The number of aliphatic carboxylic acids is 1. The van der Waals surface area contributed by atoms with Gasteiger partial charge in [0.25, 0.3) is 5.69 Å². The fourth-order valence-electron chi connectivity index (χ4n) is 2.73. The smallest absolute Gasteiger partial charge is 0.320 e. The Morgan fingerprint density at radius 3 is 2.75 bits per heavy atom. The Labute approximate surface area is 145 Å². The lowest BCUT2D eigenvalue weighted by Gasteiger charge is -2.20. The lowest BCUT2D eigenvalue weighted by molar-refractivity contribution is -0.384. The van der Waals surface area contributed by atoms with Crippen LogP contribution in [0, 0.1) is 17.0 Å². The van der Waals surface area contributed by atoms with Crippen molar-refractivity contribution < 1.29 is 19.6 Å². The Hall–Kier alpha value is -2.19. The number of halogens is 1. The molecule has 0 aliphatic carbocycles. The van der Waals surface area contributed by atoms with E-state index in [0.717, 1.165) is 6.42 Å². The summed E-state index contributed by atoms with van der Waals surface area (Å²) in [7, 11) is 0. The van der Waals surface area contributed by atoms with Gasteiger partial charge in [-0.15, -0.1) is 12.4 Å². The van der Waals surface area contributed by atoms with Gasteiger partial charge < -0.3 is 10.4 Å². The third-order valence-electron chi connectivity index (χ3n) is 3.97. The fourth-order valence-corrected chi connectivity index (χ4v) is 2.73. The average Bonchev–Trinajstić information content (AvgIpc) is 2.95. The summed E-state index contributed by atoms with van der Waals surface area (Å²) < 4.78 is 0. The molecule has 0 unspecified atom stereocenters. The Kier molecular flexibility index (Phi) is 7.12. The number of amides is 1. The van der Waals surface area contributed by atoms with Gasteiger partial charge in [0.05, 0.1) is 4.92 Å². The normalized spacial score (nSPS) is 17.1. The highest BCUT2D eigenvalue weighted by molar-refractivity contribution is 5.91. The first-order chi connectivity index (χ1) is 10.9. The Balaban J connectivity index is 0.00000288. The van der Waals surface area contributed by atoms with E-state index in [-0.39, 0.29) is 30.4 Å². The first-order valence-electron chi connectivity index (χ1n) is 7.40. The number of anilines is 1. The lowest BCUT2D eigenvalue weighted by atomic mass is 10.1. The van der Waals surface area contributed by atoms with Gasteiger partial charge in [0.1, 0.15) is 6.04 Å². The summed E-state index contributed by atoms with van der Waals surface area (Å²) in [5.74, 6) is -1.09. The number of carboxylic acid groups (broad SMARTS) is 1. The molecule has 2 rings (SSSR count). The maximum Gasteiger partial charge on any atom is 0.320 e. The first-order valence-corrected chi connectivity index (χ1v) is 7.40. The van der Waals surface area contributed by atoms with E-state index < -0.39 is 16.9 Å². The van der Waals surface area contributed by atoms with Gasteiger partial charge >= 0.3 is 5.97 Å². The molecule has 1 aromatic carbocycles. The molecule has 1 fully saturated rings. The number of nitro groups is 1. The zero-order chi connectivity index (χ0) is 17.0. The number of aryl methyl sites for hydroxylation is 1. The van der Waals surface area contributed by atoms with Crippen LogP contribution in [0.2, 0.25) is 0 Å². The van der Waals surface area contributed by atoms with Crippen LogP contribution in [0.25, 0.3) is 0 Å². The molecule has 1 atom stereocenters. The molecule has 8 nitrogen and oxygen atoms in total. The summed E-state index contributed by atoms with van der Waals surface area (Å²) in [6.45, 7) is 2.75. The lowest BCUT2D eigenvalue weighted by Crippen LogP contribution is -2.37. The van der Waals surface area contributed by atoms with Crippen LogP contribution in [0.3, 0.4) is 0 Å². The highest BCUT2D eigenvalue weighted by Crippen LogP contribution is 2.22. The van der Waals surface area contributed by atoms with Crippen molar-refractivity contribution in [1.29, 1.82) is 0 Å². The van der Waals surface area contributed by atoms with Crippen LogP contribution in [0.1, 0.15) is 24.8 Å². The topological polar surface area (TPSA) is 113 Å². The molecule has 24 heavy (non-hydrogen) atoms. The van der Waals surface area contributed by atoms with Gasteiger partial charge in [0.15, 0.2) is 0 Å². The number of rotatable bonds is 6. The number of hydrogen-bond donors (Lipinski definition) is 2. The molecule has 1 heterocycles. The van der Waals surface area contributed by atoms with Crippen molar-refractivity contribution in [2.45, 2.75) is 32.2 Å². The standard InChI is InChI=1S/C15H19N3O5.ClH/c1-10-9-11(18(22)23)4-5-12(10)16-14(19)6-8-17-7-2-3-13(17)15(20)21;/h4-5,9,13H,2-3,6-8H2,1H3,(H,16,19)(H,20,21);1H/t13-;/m0./s1. The van der Waals surface area contributed by atoms with Crippen LogP contribution in [0.4, 0.5) is 11.4 Å². The number of carbonyl (C=O) groups excluding carboxylic acids is 1. The van der Waals surface area contributed by atoms with Crippen molar-refractivity contribution in [3.63, 3.8) is 0 Å². The summed E-state index contributed by atoms with van der Waals surface area (Å²) in [5.41, 5.74) is 1.11. The first kappa shape index (κ1) is 19.9. The molecule has 0 aromatic heterocycles. The number of nitrogens with one attached hydrogen (secondary N) is 1. The summed E-state index contributed by atoms with van der Waals surface area (Å²) in [5, 5.41) is 22.5. The minimum Gasteiger partial charge on any atom is -0.480 e. The second-order valence-corrected chi connectivity index (χ2v) is 5.59. The molecule has 0 saturated carbocycles. The largest absolute Gasteiger partial charge is 0.480 e. The molecule has 2 N–H and O–H groups in total. The number of nitro benzene ring substituents is 1. The van der Waals surface area contributed by atoms with Gasteiger partial charge in [0, 0.05) is 30.8 Å². The molecular formula is C15H20ClN3O5. The van der Waals surface area contributed by atoms with E-state index in [1.54, 1.807) is 11.8 Å². The quantitative estimate of drug-likeness (QED) is 0.596. The molecule has 0 spiro atoms. The van der Waals surface area contributed by atoms with E-state index >= 15 is 0 Å². The zero-order valence-corrected chi connectivity index (χ0v) is 14.0. The average molecular weight is 358 g/mol. The van der Waals surface area contributed by atoms with Gasteiger partial charge in [-0.05, 0) is 37.9 Å². The summed E-state index contributed by atoms with van der Waals surface area (Å²) >= 11 is 0. The second kappa shape index (κ2) is 8.60. The third kappa shape index (κ3) is 4.90. The highest BCUT2D eigenvalue weighted by Gasteiger charge is 2.30. The molecular weight excluding hydrogens is 338 g/mol. The fraction of sp³-hybridized carbons (Fsp3) is 0.467. The van der Waals surface area contributed by atoms with Gasteiger partial charge in [-0.3, -0.25) is 24.6 Å². The van der Waals surface area contributed by atoms with Crippen LogP contribution in [-0.4, -0.2) is 45.9 Å². The van der Waals surface area contributed by atoms with Gasteiger partial charge in [0.2, 0.25) is 5.91 Å². The minimum absolute atomic E-state index is 0. The van der Waals surface area contributed by atoms with E-state index in [1.807, 2.05) is 0 Å². The van der Waals surface area contributed by atoms with Crippen molar-refractivity contribution in [1.82, 2.24) is 4.90 Å². The van der Waals surface area contributed by atoms with E-state index in [9.17, 15) is 19.7 Å². The molecule has 9 heteroatoms. The van der Waals surface area contributed by atoms with Gasteiger partial charge in [-0.25, -0.2) is 0 Å². The summed E-state index contributed by atoms with van der Waals surface area (Å²) in [6, 6.07) is 3.73. The van der Waals surface area contributed by atoms with E-state index in [1.165, 1.54) is 18.2 Å². The second-order valence-electron chi connectivity index (χ2n) is 5.59. The molecule has 1 aliphatic heterocycles. The molecule has 0 radical (unpaired) electrons. The van der Waals surface area contributed by atoms with E-state index in [2.05, 4.69) is 5.32 Å². The Morgan fingerprint density at radius 1 is 1.46 bits per heavy atom. The van der Waals surface area contributed by atoms with Crippen LogP contribution in [-0.2, 0) is 9.59 Å². The number of nitrogens with zero attached hydrogens (tertiary/aromatic N) is 2. The maximum absolute atomic E-state index is 12.0. The monoisotopic (exact) mass is 357 g/mol. The van der Waals surface area contributed by atoms with E-state index in [0.29, 0.717) is 30.8 Å². The number of hydrogen-bond acceptors (Lipinski definition) is 5. The molecule has 1 aromatic rings. The maximum atomic E-state index is 12.0. The Morgan fingerprint density at radius 2 is 2.17 bits per heavy atom. The molecule has 1 saturated heterocycles. The molecule has 132 valence electrons. The number of carboxylic acids is 1. The van der Waals surface area contributed by atoms with E-state index in [4.69, 9.17) is 5.11 Å². The van der Waals surface area contributed by atoms with Crippen LogP contribution >= 0.6 is 12.4 Å². The number of non-ortho nitro benzene ring substituents is 1. The van der Waals surface area contributed by atoms with Crippen molar-refractivity contribution in [2.75, 3.05) is 18.4 Å². The number of carbonyl (C=O) groups is 2. The molecule has 1 amide bonds. The third-order valence-corrected chi connectivity index (χ3v) is 3.97. The number of benzene rings is 1. The van der Waals surface area contributed by atoms with Crippen molar-refractivity contribution >= 4 is 35.7 Å². The predicted molar refractivity (Wildman–Crippen MR) is 90.6 cm³/mol. The Bertz CT molecular complexity index is 638. The SMILES string of the molecule is Cc1cc([N+](=O)[O-])ccc1NC(=O)CCN1CCC[C@H]1C(=O)O.Cl. The molecule has 0 bridgehead atoms. The van der Waals surface area contributed by atoms with Crippen molar-refractivity contribution in [3.05, 3.63) is 33.9 Å². The van der Waals surface area contributed by atoms with Crippen molar-refractivity contribution in [3.8, 4) is 0 Å². The minimum atomic E-state index is -0.853. The summed E-state index contributed by atoms with van der Waals surface area (Å²) in [6.07, 6.45) is 1.61. The predicted octanol–water partition coefficient (Wildman–Crippen LogP) is 2.20. The van der Waals surface area contributed by atoms with Gasteiger partial charge in [-0.2, -0.15) is 0 Å².